The van der Waals surface area contributed by atoms with E-state index < -0.39 is 0 Å². The number of alkyl carbamates (subject to hydrolysis) is 1. The normalized spacial score (nSPS) is 13.2. The van der Waals surface area contributed by atoms with Crippen molar-refractivity contribution in [3.63, 3.8) is 0 Å². The van der Waals surface area contributed by atoms with Crippen molar-refractivity contribution in [3.05, 3.63) is 48.0 Å². The largest absolute Gasteiger partial charge is 0.446 e. The molecule has 0 saturated carbocycles. The number of carbonyl (C=O) groups is 1. The van der Waals surface area contributed by atoms with Crippen LogP contribution in [-0.4, -0.2) is 12.2 Å². The minimum atomic E-state index is -0.296. The zero-order valence-electron chi connectivity index (χ0n) is 17.9. The Morgan fingerprint density at radius 3 is 2.36 bits per heavy atom. The summed E-state index contributed by atoms with van der Waals surface area (Å²) in [7, 11) is 0. The summed E-state index contributed by atoms with van der Waals surface area (Å²) in [5.41, 5.74) is 1.12. The molecular weight excluding hydrogens is 346 g/mol. The monoisotopic (exact) mass is 383 g/mol. The standard InChI is InChI=1S/C25H37NO2/c1-4-6-8-9-10-17-22(16-7-5-2)28-25(27)26-20(3)23-19-13-15-21-14-11-12-18-24(21)23/h11-15,18-20,22H,4-10,16-17H2,1-3H3,(H,26,27). The predicted octanol–water partition coefficient (Wildman–Crippen LogP) is 7.55. The van der Waals surface area contributed by atoms with E-state index >= 15 is 0 Å². The first-order valence-electron chi connectivity index (χ1n) is 11.1. The Hall–Kier alpha value is -2.03. The molecule has 0 aliphatic heterocycles. The van der Waals surface area contributed by atoms with Crippen molar-refractivity contribution in [1.29, 1.82) is 0 Å². The van der Waals surface area contributed by atoms with Gasteiger partial charge in [-0.3, -0.25) is 0 Å². The second kappa shape index (κ2) is 12.4. The summed E-state index contributed by atoms with van der Waals surface area (Å²) in [6, 6.07) is 14.4. The molecule has 1 amide bonds. The highest BCUT2D eigenvalue weighted by atomic mass is 16.6. The van der Waals surface area contributed by atoms with Crippen molar-refractivity contribution >= 4 is 16.9 Å². The molecule has 0 aliphatic rings. The first-order valence-corrected chi connectivity index (χ1v) is 11.1. The number of unbranched alkanes of at least 4 members (excludes halogenated alkanes) is 5. The van der Waals surface area contributed by atoms with Gasteiger partial charge in [0.1, 0.15) is 6.10 Å². The fourth-order valence-corrected chi connectivity index (χ4v) is 3.74. The quantitative estimate of drug-likeness (QED) is 0.384. The molecule has 3 heteroatoms. The Labute approximate surface area is 170 Å². The smallest absolute Gasteiger partial charge is 0.407 e. The van der Waals surface area contributed by atoms with Crippen molar-refractivity contribution in [2.45, 2.75) is 90.7 Å². The number of benzene rings is 2. The molecule has 0 heterocycles. The van der Waals surface area contributed by atoms with Gasteiger partial charge in [-0.15, -0.1) is 0 Å². The average Bonchev–Trinajstić information content (AvgIpc) is 2.71. The zero-order valence-corrected chi connectivity index (χ0v) is 17.9. The van der Waals surface area contributed by atoms with Crippen molar-refractivity contribution in [3.8, 4) is 0 Å². The third-order valence-corrected chi connectivity index (χ3v) is 5.41. The van der Waals surface area contributed by atoms with Crippen LogP contribution in [-0.2, 0) is 4.74 Å². The molecule has 2 unspecified atom stereocenters. The Morgan fingerprint density at radius 1 is 0.893 bits per heavy atom. The van der Waals surface area contributed by atoms with Crippen LogP contribution in [0.4, 0.5) is 4.79 Å². The summed E-state index contributed by atoms with van der Waals surface area (Å²) in [5.74, 6) is 0. The number of fused-ring (bicyclic) bond motifs is 1. The van der Waals surface area contributed by atoms with Crippen LogP contribution in [0.3, 0.4) is 0 Å². The summed E-state index contributed by atoms with van der Waals surface area (Å²) in [6.45, 7) is 6.43. The van der Waals surface area contributed by atoms with E-state index in [1.54, 1.807) is 0 Å². The van der Waals surface area contributed by atoms with Crippen LogP contribution in [0.25, 0.3) is 10.8 Å². The molecule has 2 aromatic rings. The SMILES string of the molecule is CCCCCCCC(CCCC)OC(=O)NC(C)c1cccc2ccccc12. The van der Waals surface area contributed by atoms with E-state index in [-0.39, 0.29) is 18.2 Å². The average molecular weight is 384 g/mol. The Kier molecular flexibility index (Phi) is 9.88. The van der Waals surface area contributed by atoms with E-state index in [0.717, 1.165) is 37.7 Å². The van der Waals surface area contributed by atoms with Gasteiger partial charge in [0, 0.05) is 0 Å². The van der Waals surface area contributed by atoms with E-state index in [1.807, 2.05) is 25.1 Å². The molecule has 28 heavy (non-hydrogen) atoms. The third kappa shape index (κ3) is 7.18. The third-order valence-electron chi connectivity index (χ3n) is 5.41. The lowest BCUT2D eigenvalue weighted by Crippen LogP contribution is -2.31. The molecule has 0 radical (unpaired) electrons. The number of amides is 1. The molecule has 3 nitrogen and oxygen atoms in total. The van der Waals surface area contributed by atoms with Crippen LogP contribution in [0.2, 0.25) is 0 Å². The Morgan fingerprint density at radius 2 is 1.57 bits per heavy atom. The van der Waals surface area contributed by atoms with Gasteiger partial charge < -0.3 is 10.1 Å². The Balaban J connectivity index is 1.91. The lowest BCUT2D eigenvalue weighted by molar-refractivity contribution is 0.0822. The van der Waals surface area contributed by atoms with Crippen molar-refractivity contribution in [2.24, 2.45) is 0 Å². The molecule has 0 aromatic heterocycles. The second-order valence-corrected chi connectivity index (χ2v) is 7.81. The Bertz CT molecular complexity index is 707. The summed E-state index contributed by atoms with van der Waals surface area (Å²) in [5, 5.41) is 5.41. The number of hydrogen-bond donors (Lipinski definition) is 1. The van der Waals surface area contributed by atoms with Crippen molar-refractivity contribution < 1.29 is 9.53 Å². The van der Waals surface area contributed by atoms with E-state index in [2.05, 4.69) is 43.4 Å². The molecule has 0 saturated heterocycles. The molecule has 0 fully saturated rings. The zero-order chi connectivity index (χ0) is 20.2. The molecule has 1 N–H and O–H groups in total. The maximum atomic E-state index is 12.5. The van der Waals surface area contributed by atoms with E-state index in [1.165, 1.54) is 36.5 Å². The molecule has 2 rings (SSSR count). The first-order chi connectivity index (χ1) is 13.7. The lowest BCUT2D eigenvalue weighted by Gasteiger charge is -2.21. The molecule has 0 aliphatic carbocycles. The topological polar surface area (TPSA) is 38.3 Å². The predicted molar refractivity (Wildman–Crippen MR) is 119 cm³/mol. The molecule has 0 bridgehead atoms. The summed E-state index contributed by atoms with van der Waals surface area (Å²) in [4.78, 5) is 12.5. The number of rotatable bonds is 12. The van der Waals surface area contributed by atoms with Gasteiger partial charge in [-0.25, -0.2) is 4.79 Å². The molecule has 0 spiro atoms. The minimum Gasteiger partial charge on any atom is -0.446 e. The van der Waals surface area contributed by atoms with Crippen LogP contribution < -0.4 is 5.32 Å². The van der Waals surface area contributed by atoms with Crippen molar-refractivity contribution in [1.82, 2.24) is 5.32 Å². The fraction of sp³-hybridized carbons (Fsp3) is 0.560. The van der Waals surface area contributed by atoms with Crippen LogP contribution in [0.15, 0.2) is 42.5 Å². The van der Waals surface area contributed by atoms with Crippen LogP contribution in [0.5, 0.6) is 0 Å². The summed E-state index contributed by atoms with van der Waals surface area (Å²) in [6.07, 6.45) is 10.1. The van der Waals surface area contributed by atoms with Gasteiger partial charge in [0.2, 0.25) is 0 Å². The van der Waals surface area contributed by atoms with Gasteiger partial charge in [0.05, 0.1) is 6.04 Å². The highest BCUT2D eigenvalue weighted by molar-refractivity contribution is 5.86. The molecule has 154 valence electrons. The van der Waals surface area contributed by atoms with Crippen LogP contribution >= 0.6 is 0 Å². The van der Waals surface area contributed by atoms with Gasteiger partial charge in [0.25, 0.3) is 0 Å². The number of nitrogens with one attached hydrogen (secondary N) is 1. The lowest BCUT2D eigenvalue weighted by atomic mass is 10.00. The van der Waals surface area contributed by atoms with E-state index in [9.17, 15) is 4.79 Å². The van der Waals surface area contributed by atoms with Crippen LogP contribution in [0.1, 0.15) is 90.2 Å². The minimum absolute atomic E-state index is 0.0290. The maximum Gasteiger partial charge on any atom is 0.407 e. The first kappa shape index (κ1) is 22.3. The van der Waals surface area contributed by atoms with Gasteiger partial charge in [-0.05, 0) is 42.5 Å². The summed E-state index contributed by atoms with van der Waals surface area (Å²) >= 11 is 0. The molecule has 2 atom stereocenters. The van der Waals surface area contributed by atoms with E-state index in [0.29, 0.717) is 0 Å². The summed E-state index contributed by atoms with van der Waals surface area (Å²) < 4.78 is 5.81. The molecular formula is C25H37NO2. The van der Waals surface area contributed by atoms with Crippen molar-refractivity contribution in [2.75, 3.05) is 0 Å². The van der Waals surface area contributed by atoms with Gasteiger partial charge in [0.15, 0.2) is 0 Å². The fourth-order valence-electron chi connectivity index (χ4n) is 3.74. The van der Waals surface area contributed by atoms with Gasteiger partial charge in [-0.2, -0.15) is 0 Å². The number of hydrogen-bond acceptors (Lipinski definition) is 2. The second-order valence-electron chi connectivity index (χ2n) is 7.81. The molecule has 2 aromatic carbocycles. The van der Waals surface area contributed by atoms with Gasteiger partial charge >= 0.3 is 6.09 Å². The number of ether oxygens (including phenoxy) is 1. The highest BCUT2D eigenvalue weighted by Gasteiger charge is 2.17. The number of carbonyl (C=O) groups excluding carboxylic acids is 1. The van der Waals surface area contributed by atoms with Gasteiger partial charge in [-0.1, -0.05) is 94.8 Å². The van der Waals surface area contributed by atoms with E-state index in [4.69, 9.17) is 4.74 Å². The highest BCUT2D eigenvalue weighted by Crippen LogP contribution is 2.24. The maximum absolute atomic E-state index is 12.5. The van der Waals surface area contributed by atoms with Crippen LogP contribution in [0, 0.1) is 0 Å².